The van der Waals surface area contributed by atoms with Crippen molar-refractivity contribution in [3.05, 3.63) is 114 Å². The second-order valence-corrected chi connectivity index (χ2v) is 7.42. The zero-order valence-corrected chi connectivity index (χ0v) is 16.8. The van der Waals surface area contributed by atoms with Crippen LogP contribution in [0, 0.1) is 0 Å². The Labute approximate surface area is 179 Å². The molecule has 0 aliphatic rings. The Balaban J connectivity index is 1.29. The minimum atomic E-state index is -0.160. The highest BCUT2D eigenvalue weighted by Crippen LogP contribution is 2.20. The molecule has 6 nitrogen and oxygen atoms in total. The highest BCUT2D eigenvalue weighted by molar-refractivity contribution is 6.04. The topological polar surface area (TPSA) is 64.7 Å². The summed E-state index contributed by atoms with van der Waals surface area (Å²) in [6.45, 7) is 1.26. The quantitative estimate of drug-likeness (QED) is 0.448. The number of nitrogens with zero attached hydrogens (tertiary/aromatic N) is 4. The number of hydrogen-bond acceptors (Lipinski definition) is 3. The Kier molecular flexibility index (Phi) is 5.02. The molecule has 2 heterocycles. The minimum absolute atomic E-state index is 0.160. The lowest BCUT2D eigenvalue weighted by atomic mass is 10.0. The van der Waals surface area contributed by atoms with Crippen LogP contribution in [0.5, 0.6) is 0 Å². The van der Waals surface area contributed by atoms with Crippen molar-refractivity contribution in [2.75, 3.05) is 5.32 Å². The molecule has 5 rings (SSSR count). The van der Waals surface area contributed by atoms with Gasteiger partial charge >= 0.3 is 0 Å². The minimum Gasteiger partial charge on any atom is -0.319 e. The van der Waals surface area contributed by atoms with Crippen LogP contribution in [0.3, 0.4) is 0 Å². The molecule has 31 heavy (non-hydrogen) atoms. The van der Waals surface area contributed by atoms with Gasteiger partial charge in [0.1, 0.15) is 0 Å². The van der Waals surface area contributed by atoms with Crippen molar-refractivity contribution < 1.29 is 4.79 Å². The maximum absolute atomic E-state index is 12.7. The molecule has 1 amide bonds. The van der Waals surface area contributed by atoms with Gasteiger partial charge < -0.3 is 5.32 Å². The predicted octanol–water partition coefficient (Wildman–Crippen LogP) is 4.58. The van der Waals surface area contributed by atoms with Gasteiger partial charge in [0.15, 0.2) is 0 Å². The Morgan fingerprint density at radius 3 is 2.65 bits per heavy atom. The lowest BCUT2D eigenvalue weighted by Gasteiger charge is -2.07. The van der Waals surface area contributed by atoms with Crippen LogP contribution in [0.1, 0.15) is 21.5 Å². The Morgan fingerprint density at radius 1 is 0.871 bits per heavy atom. The van der Waals surface area contributed by atoms with E-state index in [0.29, 0.717) is 24.3 Å². The maximum atomic E-state index is 12.7. The first kappa shape index (κ1) is 18.8. The SMILES string of the molecule is O=C(Nc1cnn(Cc2cccc3ccccc23)c1)c1cccc(Cn2cccn2)c1. The second kappa shape index (κ2) is 8.28. The number of anilines is 1. The first-order valence-corrected chi connectivity index (χ1v) is 10.1. The highest BCUT2D eigenvalue weighted by Gasteiger charge is 2.10. The van der Waals surface area contributed by atoms with Gasteiger partial charge in [-0.15, -0.1) is 0 Å². The fourth-order valence-corrected chi connectivity index (χ4v) is 3.71. The van der Waals surface area contributed by atoms with Crippen LogP contribution in [0.15, 0.2) is 97.6 Å². The Bertz CT molecular complexity index is 1330. The summed E-state index contributed by atoms with van der Waals surface area (Å²) in [5, 5.41) is 14.0. The molecule has 0 bridgehead atoms. The summed E-state index contributed by atoms with van der Waals surface area (Å²) in [5.74, 6) is -0.160. The van der Waals surface area contributed by atoms with E-state index in [1.54, 1.807) is 12.4 Å². The summed E-state index contributed by atoms with van der Waals surface area (Å²) in [4.78, 5) is 12.7. The van der Waals surface area contributed by atoms with Crippen LogP contribution in [0.2, 0.25) is 0 Å². The van der Waals surface area contributed by atoms with Crippen molar-refractivity contribution in [1.82, 2.24) is 19.6 Å². The number of benzene rings is 3. The van der Waals surface area contributed by atoms with Crippen molar-refractivity contribution in [1.29, 1.82) is 0 Å². The van der Waals surface area contributed by atoms with E-state index in [1.165, 1.54) is 16.3 Å². The average molecular weight is 407 g/mol. The standard InChI is InChI=1S/C25H21N5O/c31-25(21-9-3-6-19(14-21)16-29-13-5-12-26-29)28-23-15-27-30(18-23)17-22-10-4-8-20-7-1-2-11-24(20)22/h1-15,18H,16-17H2,(H,28,31). The molecule has 2 aromatic heterocycles. The molecule has 5 aromatic rings. The van der Waals surface area contributed by atoms with Crippen LogP contribution in [0.25, 0.3) is 10.8 Å². The lowest BCUT2D eigenvalue weighted by Crippen LogP contribution is -2.12. The van der Waals surface area contributed by atoms with Crippen molar-refractivity contribution in [2.45, 2.75) is 13.1 Å². The molecular weight excluding hydrogens is 386 g/mol. The van der Waals surface area contributed by atoms with E-state index in [4.69, 9.17) is 0 Å². The molecule has 0 fully saturated rings. The molecule has 1 N–H and O–H groups in total. The number of aromatic nitrogens is 4. The fraction of sp³-hybridized carbons (Fsp3) is 0.0800. The van der Waals surface area contributed by atoms with Crippen LogP contribution < -0.4 is 5.32 Å². The molecule has 0 saturated heterocycles. The van der Waals surface area contributed by atoms with E-state index in [1.807, 2.05) is 64.2 Å². The number of carbonyl (C=O) groups excluding carboxylic acids is 1. The van der Waals surface area contributed by atoms with Gasteiger partial charge in [-0.3, -0.25) is 14.2 Å². The largest absolute Gasteiger partial charge is 0.319 e. The van der Waals surface area contributed by atoms with Crippen LogP contribution >= 0.6 is 0 Å². The van der Waals surface area contributed by atoms with Gasteiger partial charge in [-0.1, -0.05) is 54.6 Å². The zero-order valence-electron chi connectivity index (χ0n) is 16.8. The number of amides is 1. The summed E-state index contributed by atoms with van der Waals surface area (Å²) >= 11 is 0. The molecule has 0 aliphatic heterocycles. The molecule has 152 valence electrons. The van der Waals surface area contributed by atoms with E-state index in [0.717, 1.165) is 5.56 Å². The van der Waals surface area contributed by atoms with Gasteiger partial charge in [-0.05, 0) is 40.1 Å². The van der Waals surface area contributed by atoms with Gasteiger partial charge in [-0.25, -0.2) is 0 Å². The van der Waals surface area contributed by atoms with Crippen LogP contribution in [0.4, 0.5) is 5.69 Å². The molecule has 0 unspecified atom stereocenters. The molecule has 0 aliphatic carbocycles. The predicted molar refractivity (Wildman–Crippen MR) is 121 cm³/mol. The van der Waals surface area contributed by atoms with E-state index in [9.17, 15) is 4.79 Å². The first-order chi connectivity index (χ1) is 15.2. The summed E-state index contributed by atoms with van der Waals surface area (Å²) in [6.07, 6.45) is 7.17. The summed E-state index contributed by atoms with van der Waals surface area (Å²) in [6, 6.07) is 24.0. The molecule has 0 saturated carbocycles. The van der Waals surface area contributed by atoms with Crippen molar-refractivity contribution in [3.63, 3.8) is 0 Å². The van der Waals surface area contributed by atoms with Gasteiger partial charge in [0.25, 0.3) is 5.91 Å². The third kappa shape index (κ3) is 4.23. The van der Waals surface area contributed by atoms with E-state index in [2.05, 4.69) is 45.8 Å². The van der Waals surface area contributed by atoms with Crippen molar-refractivity contribution >= 4 is 22.4 Å². The van der Waals surface area contributed by atoms with E-state index < -0.39 is 0 Å². The first-order valence-electron chi connectivity index (χ1n) is 10.1. The monoisotopic (exact) mass is 407 g/mol. The molecule has 0 radical (unpaired) electrons. The lowest BCUT2D eigenvalue weighted by molar-refractivity contribution is 0.102. The van der Waals surface area contributed by atoms with Gasteiger partial charge in [0, 0.05) is 24.2 Å². The molecule has 3 aromatic carbocycles. The van der Waals surface area contributed by atoms with E-state index >= 15 is 0 Å². The van der Waals surface area contributed by atoms with Gasteiger partial charge in [0.05, 0.1) is 25.0 Å². The van der Waals surface area contributed by atoms with E-state index in [-0.39, 0.29) is 5.91 Å². The Hall–Kier alpha value is -4.19. The highest BCUT2D eigenvalue weighted by atomic mass is 16.1. The number of hydrogen-bond donors (Lipinski definition) is 1. The maximum Gasteiger partial charge on any atom is 0.255 e. The third-order valence-electron chi connectivity index (χ3n) is 5.20. The van der Waals surface area contributed by atoms with Gasteiger partial charge in [0.2, 0.25) is 0 Å². The number of fused-ring (bicyclic) bond motifs is 1. The molecular formula is C25H21N5O. The molecule has 0 spiro atoms. The van der Waals surface area contributed by atoms with Gasteiger partial charge in [-0.2, -0.15) is 10.2 Å². The summed E-state index contributed by atoms with van der Waals surface area (Å²) in [5.41, 5.74) is 3.47. The number of nitrogens with one attached hydrogen (secondary N) is 1. The average Bonchev–Trinajstić information content (AvgIpc) is 3.46. The summed E-state index contributed by atoms with van der Waals surface area (Å²) in [7, 11) is 0. The third-order valence-corrected chi connectivity index (χ3v) is 5.20. The molecule has 6 heteroatoms. The fourth-order valence-electron chi connectivity index (χ4n) is 3.71. The zero-order chi connectivity index (χ0) is 21.0. The van der Waals surface area contributed by atoms with Crippen LogP contribution in [-0.4, -0.2) is 25.5 Å². The normalized spacial score (nSPS) is 11.0. The smallest absolute Gasteiger partial charge is 0.255 e. The second-order valence-electron chi connectivity index (χ2n) is 7.42. The molecule has 0 atom stereocenters. The number of rotatable bonds is 6. The summed E-state index contributed by atoms with van der Waals surface area (Å²) < 4.78 is 3.67. The van der Waals surface area contributed by atoms with Crippen molar-refractivity contribution in [3.8, 4) is 0 Å². The Morgan fingerprint density at radius 2 is 1.74 bits per heavy atom. The number of carbonyl (C=O) groups is 1. The van der Waals surface area contributed by atoms with Crippen LogP contribution in [-0.2, 0) is 13.1 Å². The van der Waals surface area contributed by atoms with Crippen molar-refractivity contribution in [2.24, 2.45) is 0 Å².